The molecule has 0 aromatic carbocycles. The fourth-order valence-corrected chi connectivity index (χ4v) is 2.42. The zero-order valence-corrected chi connectivity index (χ0v) is 10.8. The Kier molecular flexibility index (Phi) is 8.97. The molecule has 0 fully saturated rings. The van der Waals surface area contributed by atoms with Gasteiger partial charge in [0.15, 0.2) is 0 Å². The second kappa shape index (κ2) is 9.08. The molecule has 0 amide bonds. The van der Waals surface area contributed by atoms with Crippen LogP contribution in [0.5, 0.6) is 0 Å². The molecule has 4 nitrogen and oxygen atoms in total. The van der Waals surface area contributed by atoms with Crippen molar-refractivity contribution in [2.75, 3.05) is 25.9 Å². The minimum absolute atomic E-state index is 0.276. The number of hydrogen-bond acceptors (Lipinski definition) is 4. The fourth-order valence-electron chi connectivity index (χ4n) is 1.03. The Morgan fingerprint density at radius 3 is 2.27 bits per heavy atom. The average molecular weight is 235 g/mol. The third kappa shape index (κ3) is 7.71. The van der Waals surface area contributed by atoms with Crippen molar-refractivity contribution in [1.29, 1.82) is 0 Å². The van der Waals surface area contributed by atoms with Crippen LogP contribution in [0.25, 0.3) is 0 Å². The van der Waals surface area contributed by atoms with E-state index in [4.69, 9.17) is 9.05 Å². The molecule has 0 aromatic heterocycles. The third-order valence-corrected chi connectivity index (χ3v) is 3.64. The van der Waals surface area contributed by atoms with Crippen molar-refractivity contribution >= 4 is 13.8 Å². The van der Waals surface area contributed by atoms with Crippen molar-refractivity contribution in [3.63, 3.8) is 0 Å². The molecule has 90 valence electrons. The molecule has 0 heterocycles. The molecule has 0 saturated heterocycles. The predicted molar refractivity (Wildman–Crippen MR) is 64.0 cm³/mol. The van der Waals surface area contributed by atoms with Gasteiger partial charge in [-0.3, -0.25) is 9.56 Å². The minimum Gasteiger partial charge on any atom is -0.309 e. The van der Waals surface area contributed by atoms with Gasteiger partial charge in [-0.2, -0.15) is 0 Å². The average Bonchev–Trinajstić information content (AvgIpc) is 2.18. The zero-order chi connectivity index (χ0) is 11.6. The monoisotopic (exact) mass is 235 g/mol. The van der Waals surface area contributed by atoms with Gasteiger partial charge in [0.1, 0.15) is 0 Å². The van der Waals surface area contributed by atoms with Gasteiger partial charge >= 0.3 is 7.60 Å². The summed E-state index contributed by atoms with van der Waals surface area (Å²) in [5.41, 5.74) is 0. The Morgan fingerprint density at radius 2 is 1.80 bits per heavy atom. The van der Waals surface area contributed by atoms with E-state index in [1.165, 1.54) is 0 Å². The highest BCUT2D eigenvalue weighted by Gasteiger charge is 2.21. The molecule has 0 aliphatic rings. The van der Waals surface area contributed by atoms with Crippen molar-refractivity contribution in [3.05, 3.63) is 0 Å². The molecule has 0 spiro atoms. The summed E-state index contributed by atoms with van der Waals surface area (Å²) in [5, 5.41) is 0. The maximum atomic E-state index is 11.9. The highest BCUT2D eigenvalue weighted by molar-refractivity contribution is 7.54. The van der Waals surface area contributed by atoms with E-state index in [9.17, 15) is 4.57 Å². The minimum atomic E-state index is -2.92. The van der Waals surface area contributed by atoms with Crippen molar-refractivity contribution in [2.24, 2.45) is 4.99 Å². The maximum Gasteiger partial charge on any atom is 0.335 e. The lowest BCUT2D eigenvalue weighted by molar-refractivity contribution is 0.223. The van der Waals surface area contributed by atoms with E-state index in [0.717, 1.165) is 19.4 Å². The van der Waals surface area contributed by atoms with Crippen LogP contribution in [-0.2, 0) is 13.6 Å². The van der Waals surface area contributed by atoms with Gasteiger partial charge in [0, 0.05) is 12.8 Å². The summed E-state index contributed by atoms with van der Waals surface area (Å²) in [4.78, 5) is 4.15. The molecule has 15 heavy (non-hydrogen) atoms. The molecule has 0 aromatic rings. The molecule has 0 bridgehead atoms. The zero-order valence-electron chi connectivity index (χ0n) is 9.94. The summed E-state index contributed by atoms with van der Waals surface area (Å²) in [6.07, 6.45) is 4.11. The Hall–Kier alpha value is -0.180. The quantitative estimate of drug-likeness (QED) is 0.350. The molecule has 0 rings (SSSR count). The lowest BCUT2D eigenvalue weighted by atomic mass is 10.3. The number of rotatable bonds is 9. The molecule has 0 aliphatic carbocycles. The number of aliphatic imine (C=N–C) groups is 1. The SMILES string of the molecule is CCCC/N=C/CP(=O)(OCC)OCC. The number of unbranched alkanes of at least 4 members (excludes halogenated alkanes) is 1. The van der Waals surface area contributed by atoms with E-state index >= 15 is 0 Å². The van der Waals surface area contributed by atoms with Gasteiger partial charge in [-0.15, -0.1) is 0 Å². The Balaban J connectivity index is 3.95. The Bertz CT molecular complexity index is 209. The second-order valence-electron chi connectivity index (χ2n) is 3.07. The van der Waals surface area contributed by atoms with Gasteiger partial charge in [0.25, 0.3) is 0 Å². The first-order valence-electron chi connectivity index (χ1n) is 5.55. The third-order valence-electron chi connectivity index (χ3n) is 1.73. The van der Waals surface area contributed by atoms with Crippen LogP contribution in [-0.4, -0.2) is 32.1 Å². The van der Waals surface area contributed by atoms with Gasteiger partial charge in [-0.1, -0.05) is 13.3 Å². The normalized spacial score (nSPS) is 12.5. The molecule has 0 N–H and O–H groups in total. The van der Waals surface area contributed by atoms with Crippen LogP contribution >= 0.6 is 7.60 Å². The number of hydrogen-bond donors (Lipinski definition) is 0. The second-order valence-corrected chi connectivity index (χ2v) is 5.17. The van der Waals surface area contributed by atoms with Crippen LogP contribution in [0, 0.1) is 0 Å². The topological polar surface area (TPSA) is 47.9 Å². The summed E-state index contributed by atoms with van der Waals surface area (Å²) in [5.74, 6) is 0. The van der Waals surface area contributed by atoms with Gasteiger partial charge in [0.05, 0.1) is 19.4 Å². The van der Waals surface area contributed by atoms with E-state index in [1.54, 1.807) is 20.1 Å². The molecule has 0 atom stereocenters. The van der Waals surface area contributed by atoms with Crippen molar-refractivity contribution < 1.29 is 13.6 Å². The molecule has 5 heteroatoms. The maximum absolute atomic E-state index is 11.9. The van der Waals surface area contributed by atoms with Gasteiger partial charge in [-0.25, -0.2) is 0 Å². The van der Waals surface area contributed by atoms with Crippen LogP contribution in [0.1, 0.15) is 33.6 Å². The lowest BCUT2D eigenvalue weighted by Gasteiger charge is -2.14. The summed E-state index contributed by atoms with van der Waals surface area (Å²) < 4.78 is 22.1. The highest BCUT2D eigenvalue weighted by atomic mass is 31.2. The van der Waals surface area contributed by atoms with E-state index in [1.807, 2.05) is 0 Å². The first kappa shape index (κ1) is 14.8. The highest BCUT2D eigenvalue weighted by Crippen LogP contribution is 2.46. The van der Waals surface area contributed by atoms with Gasteiger partial charge < -0.3 is 9.05 Å². The molecular weight excluding hydrogens is 213 g/mol. The Labute approximate surface area is 92.6 Å². The predicted octanol–water partition coefficient (Wildman–Crippen LogP) is 3.12. The van der Waals surface area contributed by atoms with Crippen LogP contribution in [0.4, 0.5) is 0 Å². The largest absolute Gasteiger partial charge is 0.335 e. The Morgan fingerprint density at radius 1 is 1.20 bits per heavy atom. The van der Waals surface area contributed by atoms with Gasteiger partial charge in [0.2, 0.25) is 0 Å². The van der Waals surface area contributed by atoms with Crippen molar-refractivity contribution in [1.82, 2.24) is 0 Å². The summed E-state index contributed by atoms with van der Waals surface area (Å²) in [7, 11) is -2.92. The van der Waals surface area contributed by atoms with Crippen LogP contribution < -0.4 is 0 Å². The van der Waals surface area contributed by atoms with E-state index in [2.05, 4.69) is 11.9 Å². The fraction of sp³-hybridized carbons (Fsp3) is 0.900. The van der Waals surface area contributed by atoms with Crippen LogP contribution in [0.3, 0.4) is 0 Å². The van der Waals surface area contributed by atoms with Crippen LogP contribution in [0.2, 0.25) is 0 Å². The van der Waals surface area contributed by atoms with Gasteiger partial charge in [-0.05, 0) is 20.3 Å². The molecule has 0 radical (unpaired) electrons. The smallest absolute Gasteiger partial charge is 0.309 e. The van der Waals surface area contributed by atoms with Crippen molar-refractivity contribution in [3.8, 4) is 0 Å². The summed E-state index contributed by atoms with van der Waals surface area (Å²) in [6.45, 7) is 7.31. The first-order chi connectivity index (χ1) is 7.18. The first-order valence-corrected chi connectivity index (χ1v) is 7.27. The van der Waals surface area contributed by atoms with E-state index < -0.39 is 7.60 Å². The number of nitrogens with zero attached hydrogens (tertiary/aromatic N) is 1. The van der Waals surface area contributed by atoms with E-state index in [0.29, 0.717) is 13.2 Å². The van der Waals surface area contributed by atoms with E-state index in [-0.39, 0.29) is 6.16 Å². The standard InChI is InChI=1S/C10H22NO3P/c1-4-7-8-11-9-10-15(12,13-5-2)14-6-3/h9H,4-8,10H2,1-3H3/b11-9+. The molecular formula is C10H22NO3P. The summed E-state index contributed by atoms with van der Waals surface area (Å²) in [6, 6.07) is 0. The molecule has 0 aliphatic heterocycles. The van der Waals surface area contributed by atoms with Crippen LogP contribution in [0.15, 0.2) is 4.99 Å². The molecule has 0 unspecified atom stereocenters. The van der Waals surface area contributed by atoms with Crippen molar-refractivity contribution in [2.45, 2.75) is 33.6 Å². The summed E-state index contributed by atoms with van der Waals surface area (Å²) >= 11 is 0. The molecule has 0 saturated carbocycles. The lowest BCUT2D eigenvalue weighted by Crippen LogP contribution is -2.01.